The van der Waals surface area contributed by atoms with Crippen molar-refractivity contribution in [3.8, 4) is 0 Å². The average molecular weight is 192 g/mol. The van der Waals surface area contributed by atoms with Crippen molar-refractivity contribution in [1.82, 2.24) is 4.42 Å². The van der Waals surface area contributed by atoms with E-state index >= 15 is 0 Å². The minimum Gasteiger partial charge on any atom is -0.465 e. The molecule has 1 aliphatic heterocycles. The third-order valence-corrected chi connectivity index (χ3v) is 2.42. The first-order valence-electron chi connectivity index (χ1n) is 4.06. The molecule has 0 aromatic carbocycles. The second-order valence-electron chi connectivity index (χ2n) is 3.69. The fourth-order valence-electron chi connectivity index (χ4n) is 1.36. The summed E-state index contributed by atoms with van der Waals surface area (Å²) in [6, 6.07) is 0. The standard InChI is InChI=1S/C8H14ClNO2/c1-7(11)12-6-8(2)3-4-10(9)5-8/h3-6H2,1-2H3. The van der Waals surface area contributed by atoms with Crippen LogP contribution in [0.4, 0.5) is 0 Å². The summed E-state index contributed by atoms with van der Waals surface area (Å²) >= 11 is 5.80. The van der Waals surface area contributed by atoms with Gasteiger partial charge in [0.2, 0.25) is 0 Å². The van der Waals surface area contributed by atoms with Crippen molar-refractivity contribution in [2.45, 2.75) is 20.3 Å². The molecule has 4 heteroatoms. The molecule has 3 nitrogen and oxygen atoms in total. The largest absolute Gasteiger partial charge is 0.465 e. The van der Waals surface area contributed by atoms with E-state index in [1.54, 1.807) is 4.42 Å². The molecule has 0 spiro atoms. The Morgan fingerprint density at radius 2 is 2.42 bits per heavy atom. The van der Waals surface area contributed by atoms with Crippen LogP contribution in [0.15, 0.2) is 0 Å². The normalized spacial score (nSPS) is 30.6. The van der Waals surface area contributed by atoms with Gasteiger partial charge < -0.3 is 4.74 Å². The highest BCUT2D eigenvalue weighted by atomic mass is 35.5. The topological polar surface area (TPSA) is 29.5 Å². The van der Waals surface area contributed by atoms with Crippen molar-refractivity contribution in [3.63, 3.8) is 0 Å². The summed E-state index contributed by atoms with van der Waals surface area (Å²) in [7, 11) is 0. The van der Waals surface area contributed by atoms with E-state index in [1.807, 2.05) is 0 Å². The molecule has 0 bridgehead atoms. The molecular weight excluding hydrogens is 178 g/mol. The summed E-state index contributed by atoms with van der Waals surface area (Å²) in [5, 5.41) is 0. The van der Waals surface area contributed by atoms with Gasteiger partial charge in [-0.15, -0.1) is 0 Å². The SMILES string of the molecule is CC(=O)OCC1(C)CCN(Cl)C1. The summed E-state index contributed by atoms with van der Waals surface area (Å²) in [4.78, 5) is 10.6. The number of halogens is 1. The highest BCUT2D eigenvalue weighted by Gasteiger charge is 2.34. The highest BCUT2D eigenvalue weighted by Crippen LogP contribution is 2.30. The van der Waals surface area contributed by atoms with Gasteiger partial charge >= 0.3 is 5.97 Å². The summed E-state index contributed by atoms with van der Waals surface area (Å²) in [5.74, 6) is -0.218. The predicted molar refractivity (Wildman–Crippen MR) is 46.8 cm³/mol. The first-order valence-corrected chi connectivity index (χ1v) is 4.40. The predicted octanol–water partition coefficient (Wildman–Crippen LogP) is 1.42. The van der Waals surface area contributed by atoms with Gasteiger partial charge in [0.1, 0.15) is 0 Å². The minimum atomic E-state index is -0.218. The third-order valence-electron chi connectivity index (χ3n) is 2.14. The van der Waals surface area contributed by atoms with Crippen LogP contribution in [0.5, 0.6) is 0 Å². The molecule has 1 atom stereocenters. The molecule has 0 aliphatic carbocycles. The summed E-state index contributed by atoms with van der Waals surface area (Å²) in [6.07, 6.45) is 0.990. The third kappa shape index (κ3) is 2.64. The Hall–Kier alpha value is -0.280. The molecule has 0 radical (unpaired) electrons. The molecular formula is C8H14ClNO2. The Balaban J connectivity index is 2.35. The van der Waals surface area contributed by atoms with Gasteiger partial charge in [0.25, 0.3) is 0 Å². The van der Waals surface area contributed by atoms with Crippen LogP contribution in [-0.2, 0) is 9.53 Å². The first kappa shape index (κ1) is 9.81. The average Bonchev–Trinajstić information content (AvgIpc) is 2.29. The molecule has 1 saturated heterocycles. The van der Waals surface area contributed by atoms with Crippen LogP contribution in [0.2, 0.25) is 0 Å². The van der Waals surface area contributed by atoms with Crippen molar-refractivity contribution in [2.24, 2.45) is 5.41 Å². The maximum atomic E-state index is 10.6. The Morgan fingerprint density at radius 3 is 2.83 bits per heavy atom. The van der Waals surface area contributed by atoms with E-state index < -0.39 is 0 Å². The zero-order chi connectivity index (χ0) is 9.19. The fraction of sp³-hybridized carbons (Fsp3) is 0.875. The summed E-state index contributed by atoms with van der Waals surface area (Å²) in [5.41, 5.74) is 0.0490. The molecule has 1 aliphatic rings. The quantitative estimate of drug-likeness (QED) is 0.489. The molecule has 1 rings (SSSR count). The van der Waals surface area contributed by atoms with E-state index in [4.69, 9.17) is 16.5 Å². The number of carbonyl (C=O) groups is 1. The maximum absolute atomic E-state index is 10.6. The van der Waals surface area contributed by atoms with Crippen LogP contribution in [0.25, 0.3) is 0 Å². The van der Waals surface area contributed by atoms with E-state index in [0.29, 0.717) is 6.61 Å². The second-order valence-corrected chi connectivity index (χ2v) is 4.16. The second kappa shape index (κ2) is 3.62. The van der Waals surface area contributed by atoms with Crippen LogP contribution >= 0.6 is 11.8 Å². The van der Waals surface area contributed by atoms with Crippen LogP contribution in [0.3, 0.4) is 0 Å². The Bertz CT molecular complexity index is 186. The monoisotopic (exact) mass is 191 g/mol. The number of esters is 1. The number of rotatable bonds is 2. The van der Waals surface area contributed by atoms with E-state index in [1.165, 1.54) is 6.92 Å². The van der Waals surface area contributed by atoms with Gasteiger partial charge in [0, 0.05) is 25.4 Å². The first-order chi connectivity index (χ1) is 5.52. The molecule has 1 heterocycles. The van der Waals surface area contributed by atoms with Gasteiger partial charge in [-0.05, 0) is 18.2 Å². The van der Waals surface area contributed by atoms with Crippen LogP contribution < -0.4 is 0 Å². The van der Waals surface area contributed by atoms with Gasteiger partial charge in [-0.25, -0.2) is 4.42 Å². The van der Waals surface area contributed by atoms with Gasteiger partial charge in [-0.2, -0.15) is 0 Å². The fourth-order valence-corrected chi connectivity index (χ4v) is 1.73. The lowest BCUT2D eigenvalue weighted by molar-refractivity contribution is -0.143. The molecule has 0 amide bonds. The van der Waals surface area contributed by atoms with Gasteiger partial charge in [-0.3, -0.25) is 4.79 Å². The van der Waals surface area contributed by atoms with E-state index in [-0.39, 0.29) is 11.4 Å². The van der Waals surface area contributed by atoms with Gasteiger partial charge in [0.15, 0.2) is 0 Å². The van der Waals surface area contributed by atoms with E-state index in [9.17, 15) is 4.79 Å². The number of nitrogens with zero attached hydrogens (tertiary/aromatic N) is 1. The van der Waals surface area contributed by atoms with E-state index in [0.717, 1.165) is 19.5 Å². The zero-order valence-electron chi connectivity index (χ0n) is 7.47. The number of carbonyl (C=O) groups excluding carboxylic acids is 1. The highest BCUT2D eigenvalue weighted by molar-refractivity contribution is 6.13. The summed E-state index contributed by atoms with van der Waals surface area (Å²) in [6.45, 7) is 5.65. The van der Waals surface area contributed by atoms with Crippen molar-refractivity contribution < 1.29 is 9.53 Å². The smallest absolute Gasteiger partial charge is 0.302 e. The number of hydrogen-bond acceptors (Lipinski definition) is 3. The van der Waals surface area contributed by atoms with Crippen molar-refractivity contribution in [2.75, 3.05) is 19.7 Å². The van der Waals surface area contributed by atoms with Crippen molar-refractivity contribution in [3.05, 3.63) is 0 Å². The molecule has 12 heavy (non-hydrogen) atoms. The molecule has 1 fully saturated rings. The van der Waals surface area contributed by atoms with Gasteiger partial charge in [0.05, 0.1) is 6.61 Å². The zero-order valence-corrected chi connectivity index (χ0v) is 8.23. The van der Waals surface area contributed by atoms with Crippen LogP contribution in [-0.4, -0.2) is 30.1 Å². The van der Waals surface area contributed by atoms with E-state index in [2.05, 4.69) is 6.92 Å². The molecule has 0 saturated carbocycles. The maximum Gasteiger partial charge on any atom is 0.302 e. The minimum absolute atomic E-state index is 0.0490. The van der Waals surface area contributed by atoms with Crippen molar-refractivity contribution in [1.29, 1.82) is 0 Å². The van der Waals surface area contributed by atoms with Gasteiger partial charge in [-0.1, -0.05) is 6.92 Å². The molecule has 1 unspecified atom stereocenters. The Morgan fingerprint density at radius 1 is 1.75 bits per heavy atom. The lowest BCUT2D eigenvalue weighted by Crippen LogP contribution is -2.26. The Labute approximate surface area is 77.7 Å². The lowest BCUT2D eigenvalue weighted by Gasteiger charge is -2.21. The Kier molecular flexibility index (Phi) is 2.96. The lowest BCUT2D eigenvalue weighted by atomic mass is 9.91. The molecule has 0 N–H and O–H groups in total. The number of ether oxygens (including phenoxy) is 1. The number of hydrogen-bond donors (Lipinski definition) is 0. The van der Waals surface area contributed by atoms with Crippen LogP contribution in [0, 0.1) is 5.41 Å². The molecule has 0 aromatic heterocycles. The molecule has 70 valence electrons. The molecule has 0 aromatic rings. The van der Waals surface area contributed by atoms with Crippen molar-refractivity contribution >= 4 is 17.7 Å². The van der Waals surface area contributed by atoms with Crippen LogP contribution in [0.1, 0.15) is 20.3 Å². The summed E-state index contributed by atoms with van der Waals surface area (Å²) < 4.78 is 6.69.